The minimum Gasteiger partial charge on any atom is -0.309 e. The molecule has 0 fully saturated rings. The molecule has 0 bridgehead atoms. The van der Waals surface area contributed by atoms with Crippen LogP contribution in [-0.2, 0) is 12.8 Å². The Hall–Kier alpha value is -0.770. The van der Waals surface area contributed by atoms with Crippen molar-refractivity contribution in [2.24, 2.45) is 0 Å². The molecule has 12 heavy (non-hydrogen) atoms. The van der Waals surface area contributed by atoms with Crippen molar-refractivity contribution in [1.29, 1.82) is 0 Å². The number of nitrogens with one attached hydrogen (secondary N) is 1. The molecule has 0 aromatic carbocycles. The number of rotatable bonds is 1. The second-order valence-electron chi connectivity index (χ2n) is 2.86. The summed E-state index contributed by atoms with van der Waals surface area (Å²) in [5, 5.41) is 0.909. The van der Waals surface area contributed by atoms with Gasteiger partial charge in [0.2, 0.25) is 0 Å². The van der Waals surface area contributed by atoms with E-state index in [1.807, 2.05) is 6.26 Å². The third kappa shape index (κ3) is 1.16. The van der Waals surface area contributed by atoms with Crippen molar-refractivity contribution in [2.45, 2.75) is 24.3 Å². The quantitative estimate of drug-likeness (QED) is 0.520. The average Bonchev–Trinajstić information content (AvgIpc) is 2.50. The van der Waals surface area contributed by atoms with Gasteiger partial charge in [-0.05, 0) is 25.5 Å². The normalized spacial score (nSPS) is 14.8. The van der Waals surface area contributed by atoms with Gasteiger partial charge in [0.25, 0.3) is 0 Å². The first kappa shape index (κ1) is 7.86. The maximum absolute atomic E-state index is 11.0. The van der Waals surface area contributed by atoms with E-state index in [-0.39, 0.29) is 5.69 Å². The van der Waals surface area contributed by atoms with Gasteiger partial charge in [-0.25, -0.2) is 4.79 Å². The van der Waals surface area contributed by atoms with Gasteiger partial charge in [0, 0.05) is 11.3 Å². The molecular weight excluding hydrogens is 172 g/mol. The Kier molecular flexibility index (Phi) is 1.92. The molecule has 0 saturated carbocycles. The van der Waals surface area contributed by atoms with Gasteiger partial charge in [-0.2, -0.15) is 4.98 Å². The summed E-state index contributed by atoms with van der Waals surface area (Å²) < 4.78 is 0. The molecule has 3 nitrogen and oxygen atoms in total. The number of H-pyrrole nitrogens is 1. The number of thioether (sulfide) groups is 1. The van der Waals surface area contributed by atoms with Crippen LogP contribution in [0.4, 0.5) is 0 Å². The van der Waals surface area contributed by atoms with Gasteiger partial charge in [-0.3, -0.25) is 0 Å². The van der Waals surface area contributed by atoms with Crippen molar-refractivity contribution in [2.75, 3.05) is 6.26 Å². The van der Waals surface area contributed by atoms with E-state index in [0.29, 0.717) is 0 Å². The maximum Gasteiger partial charge on any atom is 0.346 e. The van der Waals surface area contributed by atoms with E-state index in [2.05, 4.69) is 9.97 Å². The Morgan fingerprint density at radius 3 is 3.08 bits per heavy atom. The van der Waals surface area contributed by atoms with Crippen LogP contribution in [0.5, 0.6) is 0 Å². The van der Waals surface area contributed by atoms with Gasteiger partial charge in [-0.1, -0.05) is 0 Å². The van der Waals surface area contributed by atoms with Gasteiger partial charge in [-0.15, -0.1) is 11.8 Å². The summed E-state index contributed by atoms with van der Waals surface area (Å²) >= 11 is 1.56. The van der Waals surface area contributed by atoms with E-state index in [1.54, 1.807) is 11.8 Å². The fraction of sp³-hybridized carbons (Fsp3) is 0.500. The Morgan fingerprint density at radius 1 is 1.50 bits per heavy atom. The molecule has 0 unspecified atom stereocenters. The van der Waals surface area contributed by atoms with Crippen LogP contribution in [0.25, 0.3) is 0 Å². The molecule has 0 atom stereocenters. The number of hydrogen-bond acceptors (Lipinski definition) is 3. The smallest absolute Gasteiger partial charge is 0.309 e. The Bertz CT molecular complexity index is 359. The molecule has 2 rings (SSSR count). The van der Waals surface area contributed by atoms with Crippen molar-refractivity contribution in [3.05, 3.63) is 21.7 Å². The van der Waals surface area contributed by atoms with Gasteiger partial charge < -0.3 is 4.98 Å². The fourth-order valence-electron chi connectivity index (χ4n) is 1.60. The summed E-state index contributed by atoms with van der Waals surface area (Å²) in [4.78, 5) is 17.7. The zero-order valence-corrected chi connectivity index (χ0v) is 7.70. The maximum atomic E-state index is 11.0. The summed E-state index contributed by atoms with van der Waals surface area (Å²) in [6, 6.07) is 0. The Labute approximate surface area is 74.6 Å². The molecule has 0 aliphatic heterocycles. The predicted octanol–water partition coefficient (Wildman–Crippen LogP) is 0.981. The lowest BCUT2D eigenvalue weighted by Gasteiger charge is -2.01. The molecular formula is C8H10N2OS. The number of nitrogens with zero attached hydrogens (tertiary/aromatic N) is 1. The summed E-state index contributed by atoms with van der Waals surface area (Å²) in [5.41, 5.74) is 2.14. The third-order valence-electron chi connectivity index (χ3n) is 2.13. The van der Waals surface area contributed by atoms with Crippen LogP contribution in [0, 0.1) is 0 Å². The molecule has 1 aromatic heterocycles. The highest BCUT2D eigenvalue weighted by Gasteiger charge is 2.16. The SMILES string of the molecule is CSc1nc(=O)[nH]c2c1CCC2. The van der Waals surface area contributed by atoms with E-state index >= 15 is 0 Å². The minimum atomic E-state index is -0.208. The van der Waals surface area contributed by atoms with E-state index in [1.165, 1.54) is 5.56 Å². The molecule has 1 aromatic rings. The number of hydrogen-bond donors (Lipinski definition) is 1. The van der Waals surface area contributed by atoms with Gasteiger partial charge in [0.15, 0.2) is 0 Å². The van der Waals surface area contributed by atoms with Crippen LogP contribution in [0.1, 0.15) is 17.7 Å². The van der Waals surface area contributed by atoms with Gasteiger partial charge in [0.05, 0.1) is 0 Å². The first-order valence-corrected chi connectivity index (χ1v) is 5.20. The first-order valence-electron chi connectivity index (χ1n) is 3.97. The van der Waals surface area contributed by atoms with Crippen molar-refractivity contribution < 1.29 is 0 Å². The molecule has 0 saturated heterocycles. The van der Waals surface area contributed by atoms with Crippen molar-refractivity contribution in [3.63, 3.8) is 0 Å². The minimum absolute atomic E-state index is 0.208. The second-order valence-corrected chi connectivity index (χ2v) is 3.66. The number of aromatic nitrogens is 2. The highest BCUT2D eigenvalue weighted by Crippen LogP contribution is 2.25. The molecule has 0 spiro atoms. The van der Waals surface area contributed by atoms with Crippen LogP contribution in [0.2, 0.25) is 0 Å². The zero-order chi connectivity index (χ0) is 8.55. The van der Waals surface area contributed by atoms with Crippen molar-refractivity contribution in [1.82, 2.24) is 9.97 Å². The Balaban J connectivity index is 2.62. The van der Waals surface area contributed by atoms with Crippen LogP contribution >= 0.6 is 11.8 Å². The van der Waals surface area contributed by atoms with Crippen LogP contribution in [0.15, 0.2) is 9.82 Å². The van der Waals surface area contributed by atoms with Crippen LogP contribution < -0.4 is 5.69 Å². The highest BCUT2D eigenvalue weighted by molar-refractivity contribution is 7.98. The van der Waals surface area contributed by atoms with E-state index in [0.717, 1.165) is 30.0 Å². The topological polar surface area (TPSA) is 45.8 Å². The molecule has 0 amide bonds. The van der Waals surface area contributed by atoms with E-state index in [9.17, 15) is 4.79 Å². The molecule has 1 aliphatic carbocycles. The molecule has 4 heteroatoms. The molecule has 1 aliphatic rings. The lowest BCUT2D eigenvalue weighted by atomic mass is 10.3. The lowest BCUT2D eigenvalue weighted by Crippen LogP contribution is -2.14. The van der Waals surface area contributed by atoms with E-state index < -0.39 is 0 Å². The predicted molar refractivity (Wildman–Crippen MR) is 48.7 cm³/mol. The van der Waals surface area contributed by atoms with Crippen LogP contribution in [-0.4, -0.2) is 16.2 Å². The summed E-state index contributed by atoms with van der Waals surface area (Å²) in [6.45, 7) is 0. The zero-order valence-electron chi connectivity index (χ0n) is 6.89. The summed E-state index contributed by atoms with van der Waals surface area (Å²) in [5.74, 6) is 0. The monoisotopic (exact) mass is 182 g/mol. The third-order valence-corrected chi connectivity index (χ3v) is 2.85. The molecule has 64 valence electrons. The lowest BCUT2D eigenvalue weighted by molar-refractivity contribution is 0.895. The Morgan fingerprint density at radius 2 is 2.33 bits per heavy atom. The fourth-order valence-corrected chi connectivity index (χ4v) is 2.25. The molecule has 1 heterocycles. The van der Waals surface area contributed by atoms with E-state index in [4.69, 9.17) is 0 Å². The van der Waals surface area contributed by atoms with Crippen LogP contribution in [0.3, 0.4) is 0 Å². The molecule has 1 N–H and O–H groups in total. The number of aromatic amines is 1. The first-order chi connectivity index (χ1) is 5.81. The van der Waals surface area contributed by atoms with Crippen molar-refractivity contribution >= 4 is 11.8 Å². The standard InChI is InChI=1S/C8H10N2OS/c1-12-7-5-3-2-4-6(5)9-8(11)10-7/h2-4H2,1H3,(H,9,10,11). The highest BCUT2D eigenvalue weighted by atomic mass is 32.2. The summed E-state index contributed by atoms with van der Waals surface area (Å²) in [7, 11) is 0. The number of aryl methyl sites for hydroxylation is 1. The average molecular weight is 182 g/mol. The van der Waals surface area contributed by atoms with Gasteiger partial charge in [0.1, 0.15) is 5.03 Å². The number of fused-ring (bicyclic) bond motifs is 1. The molecule has 0 radical (unpaired) electrons. The van der Waals surface area contributed by atoms with Crippen molar-refractivity contribution in [3.8, 4) is 0 Å². The largest absolute Gasteiger partial charge is 0.346 e. The second kappa shape index (κ2) is 2.94. The summed E-state index contributed by atoms with van der Waals surface area (Å²) in [6.07, 6.45) is 5.17. The van der Waals surface area contributed by atoms with Gasteiger partial charge >= 0.3 is 5.69 Å².